The highest BCUT2D eigenvalue weighted by atomic mass is 16.2. The minimum Gasteiger partial charge on any atom is -0.331 e. The molecule has 0 spiro atoms. The summed E-state index contributed by atoms with van der Waals surface area (Å²) in [6.07, 6.45) is 0. The molecule has 2 aromatic rings. The van der Waals surface area contributed by atoms with E-state index in [2.05, 4.69) is 20.6 Å². The third-order valence-electron chi connectivity index (χ3n) is 3.93. The fourth-order valence-electron chi connectivity index (χ4n) is 2.52. The van der Waals surface area contributed by atoms with Crippen molar-refractivity contribution >= 4 is 17.6 Å². The van der Waals surface area contributed by atoms with Gasteiger partial charge < -0.3 is 26.3 Å². The van der Waals surface area contributed by atoms with Gasteiger partial charge in [0.25, 0.3) is 5.56 Å². The lowest BCUT2D eigenvalue weighted by molar-refractivity contribution is -0.116. The summed E-state index contributed by atoms with van der Waals surface area (Å²) in [7, 11) is 1.51. The van der Waals surface area contributed by atoms with Crippen molar-refractivity contribution in [3.63, 3.8) is 0 Å². The van der Waals surface area contributed by atoms with E-state index in [9.17, 15) is 14.4 Å². The Morgan fingerprint density at radius 2 is 1.93 bits per heavy atom. The monoisotopic (exact) mass is 372 g/mol. The van der Waals surface area contributed by atoms with E-state index < -0.39 is 6.03 Å². The Bertz CT molecular complexity index is 873. The average molecular weight is 372 g/mol. The molecule has 5 N–H and O–H groups in total. The summed E-state index contributed by atoms with van der Waals surface area (Å²) in [5.74, 6) is -0.00797. The number of urea groups is 1. The number of aryl methyl sites for hydroxylation is 2. The van der Waals surface area contributed by atoms with Gasteiger partial charge in [-0.15, -0.1) is 0 Å². The second kappa shape index (κ2) is 8.95. The summed E-state index contributed by atoms with van der Waals surface area (Å²) in [5, 5.41) is 5.43. The van der Waals surface area contributed by atoms with Crippen LogP contribution in [0.15, 0.2) is 29.1 Å². The molecule has 0 unspecified atom stereocenters. The van der Waals surface area contributed by atoms with Crippen LogP contribution in [0.1, 0.15) is 22.6 Å². The van der Waals surface area contributed by atoms with Gasteiger partial charge in [-0.05, 0) is 25.0 Å². The molecule has 1 heterocycles. The Labute approximate surface area is 157 Å². The van der Waals surface area contributed by atoms with Crippen LogP contribution in [-0.2, 0) is 17.9 Å². The molecule has 0 aliphatic heterocycles. The zero-order valence-corrected chi connectivity index (χ0v) is 15.6. The fourth-order valence-corrected chi connectivity index (χ4v) is 2.52. The largest absolute Gasteiger partial charge is 0.331 e. The first kappa shape index (κ1) is 20.1. The van der Waals surface area contributed by atoms with Crippen molar-refractivity contribution in [2.45, 2.75) is 26.9 Å². The minimum absolute atomic E-state index is 0.0186. The van der Waals surface area contributed by atoms with E-state index in [4.69, 9.17) is 5.73 Å². The van der Waals surface area contributed by atoms with Crippen molar-refractivity contribution in [1.82, 2.24) is 20.2 Å². The fraction of sp³-hybridized carbons (Fsp3) is 0.333. The van der Waals surface area contributed by atoms with Crippen molar-refractivity contribution in [2.24, 2.45) is 5.73 Å². The maximum Gasteiger partial charge on any atom is 0.317 e. The van der Waals surface area contributed by atoms with Gasteiger partial charge in [-0.2, -0.15) is 0 Å². The molecule has 3 amide bonds. The molecule has 27 heavy (non-hydrogen) atoms. The Morgan fingerprint density at radius 1 is 1.26 bits per heavy atom. The van der Waals surface area contributed by atoms with E-state index in [1.165, 1.54) is 18.0 Å². The second-order valence-electron chi connectivity index (χ2n) is 6.22. The molecule has 1 aromatic heterocycles. The van der Waals surface area contributed by atoms with Gasteiger partial charge in [-0.3, -0.25) is 9.59 Å². The molecule has 0 radical (unpaired) electrons. The number of hydrogen-bond acceptors (Lipinski definition) is 5. The molecule has 144 valence electrons. The van der Waals surface area contributed by atoms with Gasteiger partial charge in [0.2, 0.25) is 5.91 Å². The van der Waals surface area contributed by atoms with Crippen LogP contribution in [0.25, 0.3) is 0 Å². The number of aromatic amines is 1. The number of amides is 3. The van der Waals surface area contributed by atoms with Gasteiger partial charge in [0, 0.05) is 25.3 Å². The third kappa shape index (κ3) is 5.65. The number of aromatic nitrogens is 2. The Kier molecular flexibility index (Phi) is 6.67. The molecule has 9 nitrogen and oxygen atoms in total. The highest BCUT2D eigenvalue weighted by Crippen LogP contribution is 2.19. The lowest BCUT2D eigenvalue weighted by Gasteiger charge is -2.18. The molecule has 0 saturated carbocycles. The molecule has 9 heteroatoms. The van der Waals surface area contributed by atoms with Crippen LogP contribution in [0, 0.1) is 13.8 Å². The summed E-state index contributed by atoms with van der Waals surface area (Å²) in [4.78, 5) is 43.8. The summed E-state index contributed by atoms with van der Waals surface area (Å²) < 4.78 is 0. The average Bonchev–Trinajstić information content (AvgIpc) is 2.62. The normalized spacial score (nSPS) is 10.4. The van der Waals surface area contributed by atoms with E-state index in [-0.39, 0.29) is 31.1 Å². The van der Waals surface area contributed by atoms with Crippen LogP contribution in [0.3, 0.4) is 0 Å². The van der Waals surface area contributed by atoms with Crippen LogP contribution < -0.4 is 21.9 Å². The minimum atomic E-state index is -0.465. The van der Waals surface area contributed by atoms with Gasteiger partial charge in [-0.1, -0.05) is 18.2 Å². The van der Waals surface area contributed by atoms with Crippen molar-refractivity contribution in [2.75, 3.05) is 18.9 Å². The molecular formula is C18H24N6O3. The number of nitrogens with two attached hydrogens (primary N) is 1. The SMILES string of the molecule is Cc1cccc(C)c1NC(=O)CN(C)C(=O)NCc1nc(CN)cc(=O)[nH]1. The van der Waals surface area contributed by atoms with E-state index in [1.54, 1.807) is 0 Å². The second-order valence-corrected chi connectivity index (χ2v) is 6.22. The predicted octanol–water partition coefficient (Wildman–Crippen LogP) is 0.626. The lowest BCUT2D eigenvalue weighted by Crippen LogP contribution is -2.41. The first-order valence-electron chi connectivity index (χ1n) is 8.44. The molecule has 2 rings (SSSR count). The number of H-pyrrole nitrogens is 1. The number of hydrogen-bond donors (Lipinski definition) is 4. The van der Waals surface area contributed by atoms with E-state index in [1.807, 2.05) is 32.0 Å². The number of nitrogens with one attached hydrogen (secondary N) is 3. The lowest BCUT2D eigenvalue weighted by atomic mass is 10.1. The number of rotatable bonds is 6. The molecule has 0 bridgehead atoms. The van der Waals surface area contributed by atoms with Crippen molar-refractivity contribution < 1.29 is 9.59 Å². The van der Waals surface area contributed by atoms with Crippen molar-refractivity contribution in [3.8, 4) is 0 Å². The quantitative estimate of drug-likeness (QED) is 0.590. The highest BCUT2D eigenvalue weighted by molar-refractivity contribution is 5.95. The molecule has 1 aromatic carbocycles. The Hall–Kier alpha value is -3.20. The molecule has 0 fully saturated rings. The zero-order valence-electron chi connectivity index (χ0n) is 15.6. The summed E-state index contributed by atoms with van der Waals surface area (Å²) in [5.41, 5.74) is 8.22. The van der Waals surface area contributed by atoms with Crippen molar-refractivity contribution in [1.29, 1.82) is 0 Å². The number of anilines is 1. The summed E-state index contributed by atoms with van der Waals surface area (Å²) in [6, 6.07) is 6.56. The number of nitrogens with zero attached hydrogens (tertiary/aromatic N) is 2. The first-order chi connectivity index (χ1) is 12.8. The van der Waals surface area contributed by atoms with Crippen LogP contribution in [0.5, 0.6) is 0 Å². The molecule has 0 atom stereocenters. The predicted molar refractivity (Wildman–Crippen MR) is 102 cm³/mol. The number of likely N-dealkylation sites (N-methyl/N-ethyl adjacent to an activating group) is 1. The Morgan fingerprint density at radius 3 is 2.56 bits per heavy atom. The van der Waals surface area contributed by atoms with E-state index in [0.29, 0.717) is 11.5 Å². The van der Waals surface area contributed by atoms with Crippen LogP contribution in [0.4, 0.5) is 10.5 Å². The number of carbonyl (C=O) groups is 2. The third-order valence-corrected chi connectivity index (χ3v) is 3.93. The van der Waals surface area contributed by atoms with Gasteiger partial charge >= 0.3 is 6.03 Å². The topological polar surface area (TPSA) is 133 Å². The molecule has 0 aliphatic rings. The van der Waals surface area contributed by atoms with E-state index in [0.717, 1.165) is 16.8 Å². The van der Waals surface area contributed by atoms with Crippen LogP contribution in [-0.4, -0.2) is 40.4 Å². The van der Waals surface area contributed by atoms with E-state index >= 15 is 0 Å². The maximum absolute atomic E-state index is 12.2. The summed E-state index contributed by atoms with van der Waals surface area (Å²) >= 11 is 0. The van der Waals surface area contributed by atoms with Gasteiger partial charge in [0.1, 0.15) is 12.4 Å². The standard InChI is InChI=1S/C18H24N6O3/c1-11-5-4-6-12(2)17(11)23-16(26)10-24(3)18(27)20-9-14-21-13(8-19)7-15(25)22-14/h4-7H,8-10,19H2,1-3H3,(H,20,27)(H,23,26)(H,21,22,25). The highest BCUT2D eigenvalue weighted by Gasteiger charge is 2.14. The number of para-hydroxylation sites is 1. The van der Waals surface area contributed by atoms with Gasteiger partial charge in [0.15, 0.2) is 0 Å². The van der Waals surface area contributed by atoms with Gasteiger partial charge in [-0.25, -0.2) is 9.78 Å². The smallest absolute Gasteiger partial charge is 0.317 e. The van der Waals surface area contributed by atoms with Crippen molar-refractivity contribution in [3.05, 3.63) is 57.3 Å². The van der Waals surface area contributed by atoms with Crippen LogP contribution in [0.2, 0.25) is 0 Å². The molecule has 0 saturated heterocycles. The van der Waals surface area contributed by atoms with Crippen LogP contribution >= 0.6 is 0 Å². The number of carbonyl (C=O) groups excluding carboxylic acids is 2. The molecule has 0 aliphatic carbocycles. The molecular weight excluding hydrogens is 348 g/mol. The maximum atomic E-state index is 12.2. The first-order valence-corrected chi connectivity index (χ1v) is 8.44. The zero-order chi connectivity index (χ0) is 20.0. The van der Waals surface area contributed by atoms with Gasteiger partial charge in [0.05, 0.1) is 12.2 Å². The summed E-state index contributed by atoms with van der Waals surface area (Å²) in [6.45, 7) is 3.84. The number of benzene rings is 1. The Balaban J connectivity index is 1.91.